The first kappa shape index (κ1) is 15.5. The average molecular weight is 316 g/mol. The van der Waals surface area contributed by atoms with Crippen molar-refractivity contribution in [3.8, 4) is 11.5 Å². The molecule has 1 fully saturated rings. The van der Waals surface area contributed by atoms with E-state index in [0.717, 1.165) is 25.1 Å². The fraction of sp³-hybridized carbons (Fsp3) is 0.500. The van der Waals surface area contributed by atoms with Crippen molar-refractivity contribution in [2.75, 3.05) is 24.6 Å². The van der Waals surface area contributed by atoms with E-state index in [1.807, 2.05) is 30.9 Å². The maximum absolute atomic E-state index is 11.9. The van der Waals surface area contributed by atoms with Crippen LogP contribution in [0.1, 0.15) is 25.5 Å². The van der Waals surface area contributed by atoms with E-state index in [9.17, 15) is 4.79 Å². The van der Waals surface area contributed by atoms with Crippen molar-refractivity contribution in [3.05, 3.63) is 24.1 Å². The van der Waals surface area contributed by atoms with Crippen molar-refractivity contribution in [3.63, 3.8) is 0 Å². The van der Waals surface area contributed by atoms with E-state index in [4.69, 9.17) is 9.15 Å². The Bertz CT molecular complexity index is 685. The summed E-state index contributed by atoms with van der Waals surface area (Å²) in [4.78, 5) is 18.5. The summed E-state index contributed by atoms with van der Waals surface area (Å²) in [5.74, 6) is 1.72. The molecule has 122 valence electrons. The zero-order valence-electron chi connectivity index (χ0n) is 13.4. The van der Waals surface area contributed by atoms with Crippen LogP contribution in [0, 0.1) is 12.8 Å². The number of nitrogens with zero attached hydrogens (tertiary/aromatic N) is 4. The molecule has 1 aliphatic heterocycles. The molecule has 2 aromatic heterocycles. The number of anilines is 1. The van der Waals surface area contributed by atoms with Crippen LogP contribution < -0.4 is 4.90 Å². The fourth-order valence-electron chi connectivity index (χ4n) is 2.73. The number of rotatable bonds is 4. The van der Waals surface area contributed by atoms with Gasteiger partial charge in [-0.2, -0.15) is 5.10 Å². The Morgan fingerprint density at radius 3 is 3.09 bits per heavy atom. The Morgan fingerprint density at radius 2 is 2.35 bits per heavy atom. The summed E-state index contributed by atoms with van der Waals surface area (Å²) in [6.45, 7) is 5.47. The molecule has 1 aliphatic rings. The molecule has 0 aliphatic carbocycles. The molecule has 0 radical (unpaired) electrons. The van der Waals surface area contributed by atoms with Gasteiger partial charge in [0.25, 0.3) is 0 Å². The van der Waals surface area contributed by atoms with Crippen molar-refractivity contribution < 1.29 is 13.9 Å². The third kappa shape index (κ3) is 3.49. The highest BCUT2D eigenvalue weighted by atomic mass is 16.5. The topological polar surface area (TPSA) is 81.4 Å². The highest BCUT2D eigenvalue weighted by molar-refractivity contribution is 5.73. The summed E-state index contributed by atoms with van der Waals surface area (Å²) in [5.41, 5.74) is 0.640. The molecule has 3 heterocycles. The van der Waals surface area contributed by atoms with Crippen molar-refractivity contribution in [2.45, 2.75) is 26.7 Å². The van der Waals surface area contributed by atoms with E-state index in [2.05, 4.69) is 15.2 Å². The van der Waals surface area contributed by atoms with Gasteiger partial charge in [0.2, 0.25) is 5.95 Å². The smallest absolute Gasteiger partial charge is 0.310 e. The molecular formula is C16H20N4O3. The second-order valence-electron chi connectivity index (χ2n) is 5.59. The van der Waals surface area contributed by atoms with Gasteiger partial charge in [-0.3, -0.25) is 4.79 Å². The maximum Gasteiger partial charge on any atom is 0.310 e. The molecule has 0 unspecified atom stereocenters. The van der Waals surface area contributed by atoms with Crippen LogP contribution in [0.25, 0.3) is 11.5 Å². The third-order valence-electron chi connectivity index (χ3n) is 3.86. The fourth-order valence-corrected chi connectivity index (χ4v) is 2.73. The largest absolute Gasteiger partial charge is 0.466 e. The van der Waals surface area contributed by atoms with E-state index >= 15 is 0 Å². The zero-order chi connectivity index (χ0) is 16.2. The summed E-state index contributed by atoms with van der Waals surface area (Å²) in [6.07, 6.45) is 3.31. The monoisotopic (exact) mass is 316 g/mol. The second-order valence-corrected chi connectivity index (χ2v) is 5.59. The molecule has 0 spiro atoms. The quantitative estimate of drug-likeness (QED) is 0.800. The van der Waals surface area contributed by atoms with Gasteiger partial charge in [-0.05, 0) is 38.8 Å². The predicted molar refractivity (Wildman–Crippen MR) is 83.8 cm³/mol. The standard InChI is InChI=1S/C16H20N4O3/c1-3-22-15(21)12-5-4-8-20(10-12)16-18-13(9-17-19-16)14-7-6-11(2)23-14/h6-7,9,12H,3-5,8,10H2,1-2H3/t12-/m1/s1. The van der Waals surface area contributed by atoms with Gasteiger partial charge >= 0.3 is 5.97 Å². The van der Waals surface area contributed by atoms with E-state index < -0.39 is 0 Å². The number of esters is 1. The van der Waals surface area contributed by atoms with Gasteiger partial charge in [-0.1, -0.05) is 0 Å². The lowest BCUT2D eigenvalue weighted by molar-refractivity contribution is -0.148. The maximum atomic E-state index is 11.9. The van der Waals surface area contributed by atoms with Gasteiger partial charge in [0.15, 0.2) is 5.76 Å². The molecule has 2 aromatic rings. The number of furan rings is 1. The van der Waals surface area contributed by atoms with Crippen molar-refractivity contribution in [1.82, 2.24) is 15.2 Å². The van der Waals surface area contributed by atoms with Crippen LogP contribution in [0.4, 0.5) is 5.95 Å². The molecule has 0 N–H and O–H groups in total. The third-order valence-corrected chi connectivity index (χ3v) is 3.86. The molecule has 7 heteroatoms. The molecule has 1 atom stereocenters. The minimum absolute atomic E-state index is 0.137. The molecule has 1 saturated heterocycles. The summed E-state index contributed by atoms with van der Waals surface area (Å²) in [6, 6.07) is 3.75. The van der Waals surface area contributed by atoms with Crippen LogP contribution in [0.5, 0.6) is 0 Å². The lowest BCUT2D eigenvalue weighted by Crippen LogP contribution is -2.40. The molecule has 0 bridgehead atoms. The Morgan fingerprint density at radius 1 is 1.48 bits per heavy atom. The number of carbonyl (C=O) groups excluding carboxylic acids is 1. The Labute approximate surface area is 134 Å². The Kier molecular flexibility index (Phi) is 4.55. The van der Waals surface area contributed by atoms with Gasteiger partial charge in [-0.15, -0.1) is 5.10 Å². The van der Waals surface area contributed by atoms with Crippen LogP contribution >= 0.6 is 0 Å². The molecule has 3 rings (SSSR count). The van der Waals surface area contributed by atoms with Crippen LogP contribution in [-0.2, 0) is 9.53 Å². The summed E-state index contributed by atoms with van der Waals surface area (Å²) < 4.78 is 10.7. The minimum Gasteiger partial charge on any atom is -0.466 e. The number of carbonyl (C=O) groups is 1. The SMILES string of the molecule is CCOC(=O)[C@@H]1CCCN(c2nncc(-c3ccc(C)o3)n2)C1. The van der Waals surface area contributed by atoms with E-state index in [-0.39, 0.29) is 11.9 Å². The minimum atomic E-state index is -0.150. The van der Waals surface area contributed by atoms with Gasteiger partial charge in [0.05, 0.1) is 18.7 Å². The second kappa shape index (κ2) is 6.76. The molecule has 0 aromatic carbocycles. The average Bonchev–Trinajstić information content (AvgIpc) is 3.02. The number of piperidine rings is 1. The van der Waals surface area contributed by atoms with Gasteiger partial charge in [0, 0.05) is 13.1 Å². The van der Waals surface area contributed by atoms with Gasteiger partial charge in [-0.25, -0.2) is 4.98 Å². The molecular weight excluding hydrogens is 296 g/mol. The van der Waals surface area contributed by atoms with Crippen LogP contribution in [0.15, 0.2) is 22.7 Å². The number of aryl methyl sites for hydroxylation is 1. The van der Waals surface area contributed by atoms with E-state index in [1.165, 1.54) is 0 Å². The first-order valence-electron chi connectivity index (χ1n) is 7.85. The molecule has 0 amide bonds. The number of aromatic nitrogens is 3. The molecule has 7 nitrogen and oxygen atoms in total. The van der Waals surface area contributed by atoms with Crippen molar-refractivity contribution in [1.29, 1.82) is 0 Å². The highest BCUT2D eigenvalue weighted by Gasteiger charge is 2.28. The first-order valence-corrected chi connectivity index (χ1v) is 7.85. The summed E-state index contributed by atoms with van der Waals surface area (Å²) in [7, 11) is 0. The summed E-state index contributed by atoms with van der Waals surface area (Å²) >= 11 is 0. The Hall–Kier alpha value is -2.44. The lowest BCUT2D eigenvalue weighted by atomic mass is 9.98. The Balaban J connectivity index is 1.77. The van der Waals surface area contributed by atoms with Gasteiger partial charge in [0.1, 0.15) is 11.5 Å². The molecule has 0 saturated carbocycles. The van der Waals surface area contributed by atoms with E-state index in [1.54, 1.807) is 6.20 Å². The van der Waals surface area contributed by atoms with Crippen LogP contribution in [0.3, 0.4) is 0 Å². The zero-order valence-corrected chi connectivity index (χ0v) is 13.4. The van der Waals surface area contributed by atoms with Crippen LogP contribution in [-0.4, -0.2) is 40.8 Å². The van der Waals surface area contributed by atoms with Crippen molar-refractivity contribution in [2.24, 2.45) is 5.92 Å². The first-order chi connectivity index (χ1) is 11.2. The molecule has 23 heavy (non-hydrogen) atoms. The van der Waals surface area contributed by atoms with Gasteiger partial charge < -0.3 is 14.1 Å². The van der Waals surface area contributed by atoms with E-state index in [0.29, 0.717) is 30.6 Å². The highest BCUT2D eigenvalue weighted by Crippen LogP contribution is 2.24. The number of ether oxygens (including phenoxy) is 1. The number of hydrogen-bond acceptors (Lipinski definition) is 7. The normalized spacial score (nSPS) is 18.0. The van der Waals surface area contributed by atoms with Crippen LogP contribution in [0.2, 0.25) is 0 Å². The lowest BCUT2D eigenvalue weighted by Gasteiger charge is -2.31. The van der Waals surface area contributed by atoms with Crippen molar-refractivity contribution >= 4 is 11.9 Å². The number of hydrogen-bond donors (Lipinski definition) is 0. The predicted octanol–water partition coefficient (Wildman–Crippen LogP) is 2.22. The summed E-state index contributed by atoms with van der Waals surface area (Å²) in [5, 5.41) is 8.13.